The van der Waals surface area contributed by atoms with E-state index in [4.69, 9.17) is 4.74 Å². The zero-order valence-electron chi connectivity index (χ0n) is 14.8. The quantitative estimate of drug-likeness (QED) is 0.789. The molecule has 24 heavy (non-hydrogen) atoms. The zero-order chi connectivity index (χ0) is 16.8. The molecular formula is C21H29NO2. The van der Waals surface area contributed by atoms with Crippen molar-refractivity contribution in [3.8, 4) is 5.75 Å². The molecule has 3 nitrogen and oxygen atoms in total. The molecule has 2 aliphatic rings. The second kappa shape index (κ2) is 8.36. The minimum Gasteiger partial charge on any atom is -0.481 e. The van der Waals surface area contributed by atoms with Gasteiger partial charge in [-0.1, -0.05) is 17.7 Å². The van der Waals surface area contributed by atoms with Crippen molar-refractivity contribution in [1.29, 1.82) is 0 Å². The molecule has 0 saturated carbocycles. The number of ether oxygens (including phenoxy) is 1. The Morgan fingerprint density at radius 1 is 1.12 bits per heavy atom. The third kappa shape index (κ3) is 4.62. The molecule has 2 aliphatic carbocycles. The van der Waals surface area contributed by atoms with Crippen molar-refractivity contribution in [2.24, 2.45) is 0 Å². The van der Waals surface area contributed by atoms with Gasteiger partial charge >= 0.3 is 0 Å². The average Bonchev–Trinajstić information content (AvgIpc) is 2.62. The summed E-state index contributed by atoms with van der Waals surface area (Å²) >= 11 is 0. The molecule has 0 aromatic heterocycles. The van der Waals surface area contributed by atoms with Crippen molar-refractivity contribution >= 4 is 5.91 Å². The molecule has 1 N–H and O–H groups in total. The Labute approximate surface area is 145 Å². The van der Waals surface area contributed by atoms with Gasteiger partial charge in [-0.3, -0.25) is 4.79 Å². The molecule has 130 valence electrons. The Morgan fingerprint density at radius 3 is 2.71 bits per heavy atom. The first-order chi connectivity index (χ1) is 11.7. The van der Waals surface area contributed by atoms with Crippen LogP contribution in [0.25, 0.3) is 0 Å². The summed E-state index contributed by atoms with van der Waals surface area (Å²) in [4.78, 5) is 12.2. The summed E-state index contributed by atoms with van der Waals surface area (Å²) in [7, 11) is 0. The molecule has 0 radical (unpaired) electrons. The maximum Gasteiger partial charge on any atom is 0.260 e. The molecule has 0 spiro atoms. The highest BCUT2D eigenvalue weighted by molar-refractivity contribution is 5.80. The van der Waals surface area contributed by atoms with E-state index in [0.29, 0.717) is 6.54 Å². The fourth-order valence-electron chi connectivity index (χ4n) is 3.66. The van der Waals surface area contributed by atoms with Crippen molar-refractivity contribution < 1.29 is 9.53 Å². The molecule has 1 atom stereocenters. The number of hydrogen-bond acceptors (Lipinski definition) is 2. The summed E-state index contributed by atoms with van der Waals surface area (Å²) < 4.78 is 5.86. The van der Waals surface area contributed by atoms with E-state index in [9.17, 15) is 4.79 Å². The van der Waals surface area contributed by atoms with Crippen LogP contribution in [0.5, 0.6) is 5.75 Å². The van der Waals surface area contributed by atoms with Gasteiger partial charge in [-0.2, -0.15) is 0 Å². The van der Waals surface area contributed by atoms with Crippen LogP contribution in [-0.2, 0) is 17.6 Å². The van der Waals surface area contributed by atoms with Crippen LogP contribution in [0, 0.1) is 0 Å². The van der Waals surface area contributed by atoms with Crippen molar-refractivity contribution in [3.63, 3.8) is 0 Å². The van der Waals surface area contributed by atoms with E-state index < -0.39 is 6.10 Å². The summed E-state index contributed by atoms with van der Waals surface area (Å²) in [5.41, 5.74) is 4.31. The van der Waals surface area contributed by atoms with Gasteiger partial charge in [0.1, 0.15) is 5.75 Å². The van der Waals surface area contributed by atoms with Crippen LogP contribution in [0.1, 0.15) is 63.0 Å². The van der Waals surface area contributed by atoms with E-state index in [1.807, 2.05) is 13.0 Å². The molecule has 0 bridgehead atoms. The highest BCUT2D eigenvalue weighted by Crippen LogP contribution is 2.26. The van der Waals surface area contributed by atoms with Crippen LogP contribution in [0.3, 0.4) is 0 Å². The minimum absolute atomic E-state index is 0.0240. The highest BCUT2D eigenvalue weighted by Gasteiger charge is 2.16. The van der Waals surface area contributed by atoms with E-state index in [-0.39, 0.29) is 5.91 Å². The summed E-state index contributed by atoms with van der Waals surface area (Å²) in [6, 6.07) is 6.27. The largest absolute Gasteiger partial charge is 0.481 e. The third-order valence-corrected chi connectivity index (χ3v) is 5.13. The molecule has 0 heterocycles. The Morgan fingerprint density at radius 2 is 1.92 bits per heavy atom. The summed E-state index contributed by atoms with van der Waals surface area (Å²) in [5.74, 6) is 0.789. The number of nitrogens with one attached hydrogen (secondary N) is 1. The molecule has 0 unspecified atom stereocenters. The van der Waals surface area contributed by atoms with Gasteiger partial charge in [-0.15, -0.1) is 0 Å². The second-order valence-electron chi connectivity index (χ2n) is 7.05. The molecule has 1 amide bonds. The van der Waals surface area contributed by atoms with Gasteiger partial charge in [-0.25, -0.2) is 0 Å². The zero-order valence-corrected chi connectivity index (χ0v) is 14.8. The van der Waals surface area contributed by atoms with E-state index in [2.05, 4.69) is 23.5 Å². The van der Waals surface area contributed by atoms with Gasteiger partial charge in [0.25, 0.3) is 5.91 Å². The predicted octanol–water partition coefficient (Wildman–Crippen LogP) is 4.34. The maximum atomic E-state index is 12.2. The average molecular weight is 327 g/mol. The summed E-state index contributed by atoms with van der Waals surface area (Å²) in [6.07, 6.45) is 12.7. The van der Waals surface area contributed by atoms with Crippen LogP contribution < -0.4 is 10.1 Å². The maximum absolute atomic E-state index is 12.2. The highest BCUT2D eigenvalue weighted by atomic mass is 16.5. The number of rotatable bonds is 6. The van der Waals surface area contributed by atoms with Gasteiger partial charge in [-0.05, 0) is 88.0 Å². The first-order valence-electron chi connectivity index (χ1n) is 9.46. The Bertz CT molecular complexity index is 606. The van der Waals surface area contributed by atoms with Gasteiger partial charge in [0.15, 0.2) is 6.10 Å². The smallest absolute Gasteiger partial charge is 0.260 e. The standard InChI is InChI=1S/C21H29NO2/c1-16(21(23)22-14-13-17-7-3-2-4-8-17)24-20-12-11-18-9-5-6-10-19(18)15-20/h7,11-12,15-16H,2-6,8-10,13-14H2,1H3,(H,22,23)/t16-/m0/s1. The Kier molecular flexibility index (Phi) is 5.95. The van der Waals surface area contributed by atoms with E-state index in [0.717, 1.165) is 18.6 Å². The molecule has 3 rings (SSSR count). The number of carbonyl (C=O) groups is 1. The number of carbonyl (C=O) groups excluding carboxylic acids is 1. The van der Waals surface area contributed by atoms with Gasteiger partial charge in [0.2, 0.25) is 0 Å². The lowest BCUT2D eigenvalue weighted by Crippen LogP contribution is -2.37. The molecule has 1 aromatic carbocycles. The number of hydrogen-bond donors (Lipinski definition) is 1. The van der Waals surface area contributed by atoms with Crippen LogP contribution in [0.2, 0.25) is 0 Å². The number of aryl methyl sites for hydroxylation is 2. The van der Waals surface area contributed by atoms with Crippen molar-refractivity contribution in [2.75, 3.05) is 6.54 Å². The molecule has 0 aliphatic heterocycles. The fourth-order valence-corrected chi connectivity index (χ4v) is 3.66. The number of benzene rings is 1. The lowest BCUT2D eigenvalue weighted by molar-refractivity contribution is -0.127. The number of allylic oxidation sites excluding steroid dienone is 1. The Hall–Kier alpha value is -1.77. The molecule has 1 aromatic rings. The van der Waals surface area contributed by atoms with Gasteiger partial charge in [0.05, 0.1) is 0 Å². The number of fused-ring (bicyclic) bond motifs is 1. The molecule has 0 fully saturated rings. The van der Waals surface area contributed by atoms with Crippen molar-refractivity contribution in [1.82, 2.24) is 5.32 Å². The van der Waals surface area contributed by atoms with Crippen molar-refractivity contribution in [2.45, 2.75) is 70.8 Å². The van der Waals surface area contributed by atoms with Crippen LogP contribution >= 0.6 is 0 Å². The van der Waals surface area contributed by atoms with Crippen LogP contribution in [-0.4, -0.2) is 18.6 Å². The van der Waals surface area contributed by atoms with Crippen molar-refractivity contribution in [3.05, 3.63) is 41.0 Å². The van der Waals surface area contributed by atoms with Crippen LogP contribution in [0.15, 0.2) is 29.8 Å². The molecular weight excluding hydrogens is 298 g/mol. The first kappa shape index (κ1) is 17.1. The Balaban J connectivity index is 1.46. The lowest BCUT2D eigenvalue weighted by Gasteiger charge is -2.19. The fraction of sp³-hybridized carbons (Fsp3) is 0.571. The van der Waals surface area contributed by atoms with Crippen LogP contribution in [0.4, 0.5) is 0 Å². The normalized spacial score (nSPS) is 18.3. The third-order valence-electron chi connectivity index (χ3n) is 5.13. The van der Waals surface area contributed by atoms with E-state index in [1.165, 1.54) is 61.6 Å². The minimum atomic E-state index is -0.452. The number of amides is 1. The van der Waals surface area contributed by atoms with E-state index >= 15 is 0 Å². The van der Waals surface area contributed by atoms with Gasteiger partial charge in [0, 0.05) is 6.54 Å². The second-order valence-corrected chi connectivity index (χ2v) is 7.05. The first-order valence-corrected chi connectivity index (χ1v) is 9.46. The monoisotopic (exact) mass is 327 g/mol. The summed E-state index contributed by atoms with van der Waals surface area (Å²) in [6.45, 7) is 2.54. The van der Waals surface area contributed by atoms with E-state index in [1.54, 1.807) is 0 Å². The SMILES string of the molecule is C[C@H](Oc1ccc2c(c1)CCCC2)C(=O)NCCC1=CCCCC1. The summed E-state index contributed by atoms with van der Waals surface area (Å²) in [5, 5.41) is 3.01. The molecule has 3 heteroatoms. The topological polar surface area (TPSA) is 38.3 Å². The lowest BCUT2D eigenvalue weighted by atomic mass is 9.92. The predicted molar refractivity (Wildman–Crippen MR) is 97.4 cm³/mol. The molecule has 0 saturated heterocycles. The van der Waals surface area contributed by atoms with Gasteiger partial charge < -0.3 is 10.1 Å².